The van der Waals surface area contributed by atoms with Gasteiger partial charge in [-0.2, -0.15) is 0 Å². The molecule has 0 saturated heterocycles. The molecule has 0 fully saturated rings. The number of methoxy groups -OCH3 is 1. The molecular weight excluding hydrogens is 418 g/mol. The van der Waals surface area contributed by atoms with Gasteiger partial charge in [-0.3, -0.25) is 4.31 Å². The predicted molar refractivity (Wildman–Crippen MR) is 117 cm³/mol. The molecule has 0 aliphatic rings. The number of hydrogen-bond acceptors (Lipinski definition) is 6. The van der Waals surface area contributed by atoms with E-state index in [0.717, 1.165) is 9.87 Å². The van der Waals surface area contributed by atoms with Crippen molar-refractivity contribution in [2.24, 2.45) is 0 Å². The van der Waals surface area contributed by atoms with Crippen molar-refractivity contribution >= 4 is 21.7 Å². The first-order valence-electron chi connectivity index (χ1n) is 9.44. The molecule has 3 aromatic rings. The zero-order valence-electron chi connectivity index (χ0n) is 17.2. The average Bonchev–Trinajstić information content (AvgIpc) is 2.82. The monoisotopic (exact) mass is 441 g/mol. The van der Waals surface area contributed by atoms with Crippen molar-refractivity contribution in [3.05, 3.63) is 89.5 Å². The van der Waals surface area contributed by atoms with Gasteiger partial charge in [-0.1, -0.05) is 30.3 Å². The van der Waals surface area contributed by atoms with E-state index in [1.165, 1.54) is 44.5 Å². The molecular formula is C23H23NO6S. The van der Waals surface area contributed by atoms with Crippen LogP contribution in [0.5, 0.6) is 5.75 Å². The topological polar surface area (TPSA) is 93.1 Å². The molecule has 0 heterocycles. The molecule has 0 aromatic heterocycles. The van der Waals surface area contributed by atoms with Gasteiger partial charge >= 0.3 is 5.97 Å². The summed E-state index contributed by atoms with van der Waals surface area (Å²) in [7, 11) is -1.29. The van der Waals surface area contributed by atoms with Crippen molar-refractivity contribution in [1.29, 1.82) is 0 Å². The summed E-state index contributed by atoms with van der Waals surface area (Å²) in [6.45, 7) is 0.0241. The lowest BCUT2D eigenvalue weighted by atomic mass is 10.1. The van der Waals surface area contributed by atoms with Gasteiger partial charge in [0.1, 0.15) is 12.4 Å². The summed E-state index contributed by atoms with van der Waals surface area (Å²) in [6, 6.07) is 20.1. The number of nitrogens with zero attached hydrogens (tertiary/aromatic N) is 1. The summed E-state index contributed by atoms with van der Waals surface area (Å²) in [5.41, 5.74) is 1.78. The van der Waals surface area contributed by atoms with Crippen LogP contribution in [0.3, 0.4) is 0 Å². The second kappa shape index (κ2) is 9.63. The number of carbonyl (C=O) groups is 1. The van der Waals surface area contributed by atoms with Gasteiger partial charge < -0.3 is 14.6 Å². The number of aliphatic hydroxyl groups is 1. The molecule has 1 N–H and O–H groups in total. The van der Waals surface area contributed by atoms with Gasteiger partial charge in [0.25, 0.3) is 10.0 Å². The molecule has 0 spiro atoms. The van der Waals surface area contributed by atoms with Crippen LogP contribution in [0.2, 0.25) is 0 Å². The van der Waals surface area contributed by atoms with Crippen LogP contribution in [0.1, 0.15) is 21.5 Å². The zero-order valence-corrected chi connectivity index (χ0v) is 18.0. The van der Waals surface area contributed by atoms with Gasteiger partial charge in [0.2, 0.25) is 0 Å². The van der Waals surface area contributed by atoms with E-state index in [1.807, 2.05) is 30.3 Å². The Bertz CT molecular complexity index is 1140. The molecule has 8 heteroatoms. The van der Waals surface area contributed by atoms with Gasteiger partial charge in [-0.05, 0) is 53.6 Å². The number of anilines is 1. The highest BCUT2D eigenvalue weighted by molar-refractivity contribution is 7.92. The summed E-state index contributed by atoms with van der Waals surface area (Å²) in [4.78, 5) is 12.0. The van der Waals surface area contributed by atoms with E-state index >= 15 is 0 Å². The second-order valence-electron chi connectivity index (χ2n) is 6.76. The summed E-state index contributed by atoms with van der Waals surface area (Å²) in [5.74, 6) is -0.0806. The lowest BCUT2D eigenvalue weighted by Crippen LogP contribution is -2.27. The lowest BCUT2D eigenvalue weighted by Gasteiger charge is -2.21. The Kier molecular flexibility index (Phi) is 6.94. The van der Waals surface area contributed by atoms with E-state index in [9.17, 15) is 18.3 Å². The fourth-order valence-electron chi connectivity index (χ4n) is 2.93. The average molecular weight is 442 g/mol. The molecule has 7 nitrogen and oxygen atoms in total. The van der Waals surface area contributed by atoms with Crippen LogP contribution in [0, 0.1) is 0 Å². The van der Waals surface area contributed by atoms with Crippen LogP contribution in [-0.4, -0.2) is 33.7 Å². The molecule has 162 valence electrons. The van der Waals surface area contributed by atoms with E-state index in [2.05, 4.69) is 0 Å². The van der Waals surface area contributed by atoms with Crippen LogP contribution in [0.15, 0.2) is 77.7 Å². The Hall–Kier alpha value is -3.36. The van der Waals surface area contributed by atoms with Crippen molar-refractivity contribution in [2.45, 2.75) is 18.1 Å². The minimum Gasteiger partial charge on any atom is -0.489 e. The van der Waals surface area contributed by atoms with Gasteiger partial charge in [0.15, 0.2) is 0 Å². The fraction of sp³-hybridized carbons (Fsp3) is 0.174. The summed E-state index contributed by atoms with van der Waals surface area (Å²) < 4.78 is 37.6. The predicted octanol–water partition coefficient (Wildman–Crippen LogP) is 3.37. The lowest BCUT2D eigenvalue weighted by molar-refractivity contribution is 0.0600. The van der Waals surface area contributed by atoms with Crippen LogP contribution < -0.4 is 9.04 Å². The van der Waals surface area contributed by atoms with E-state index in [-0.39, 0.29) is 22.8 Å². The summed E-state index contributed by atoms with van der Waals surface area (Å²) >= 11 is 0. The standard InChI is InChI=1S/C23H23NO6S/c1-24(20-13-18(15-25)12-19(14-20)23(26)29-2)31(27,28)22-10-8-21(9-11-22)30-16-17-6-4-3-5-7-17/h3-14,25H,15-16H2,1-2H3. The van der Waals surface area contributed by atoms with E-state index in [1.54, 1.807) is 12.1 Å². The van der Waals surface area contributed by atoms with Crippen LogP contribution in [-0.2, 0) is 28.0 Å². The maximum absolute atomic E-state index is 13.1. The Morgan fingerprint density at radius 3 is 2.26 bits per heavy atom. The molecule has 0 amide bonds. The molecule has 0 saturated carbocycles. The normalized spacial score (nSPS) is 11.1. The Morgan fingerprint density at radius 1 is 0.968 bits per heavy atom. The SMILES string of the molecule is COC(=O)c1cc(CO)cc(N(C)S(=O)(=O)c2ccc(OCc3ccccc3)cc2)c1. The molecule has 31 heavy (non-hydrogen) atoms. The van der Waals surface area contributed by atoms with Gasteiger partial charge in [-0.25, -0.2) is 13.2 Å². The quantitative estimate of drug-likeness (QED) is 0.539. The van der Waals surface area contributed by atoms with Crippen LogP contribution in [0.4, 0.5) is 5.69 Å². The summed E-state index contributed by atoms with van der Waals surface area (Å²) in [5, 5.41) is 9.47. The first kappa shape index (κ1) is 22.3. The zero-order chi connectivity index (χ0) is 22.4. The number of ether oxygens (including phenoxy) is 2. The third kappa shape index (κ3) is 5.22. The number of aliphatic hydroxyl groups excluding tert-OH is 1. The van der Waals surface area contributed by atoms with Crippen molar-refractivity contribution in [1.82, 2.24) is 0 Å². The van der Waals surface area contributed by atoms with Gasteiger partial charge in [-0.15, -0.1) is 0 Å². The van der Waals surface area contributed by atoms with Crippen LogP contribution >= 0.6 is 0 Å². The number of carbonyl (C=O) groups excluding carboxylic acids is 1. The largest absolute Gasteiger partial charge is 0.489 e. The minimum atomic E-state index is -3.91. The first-order valence-corrected chi connectivity index (χ1v) is 10.9. The molecule has 0 aliphatic heterocycles. The molecule has 0 aliphatic carbocycles. The summed E-state index contributed by atoms with van der Waals surface area (Å²) in [6.07, 6.45) is 0. The highest BCUT2D eigenvalue weighted by Crippen LogP contribution is 2.26. The maximum Gasteiger partial charge on any atom is 0.337 e. The number of benzene rings is 3. The second-order valence-corrected chi connectivity index (χ2v) is 8.73. The number of esters is 1. The first-order chi connectivity index (χ1) is 14.8. The van der Waals surface area contributed by atoms with Gasteiger partial charge in [0, 0.05) is 7.05 Å². The van der Waals surface area contributed by atoms with Crippen LogP contribution in [0.25, 0.3) is 0 Å². The third-order valence-electron chi connectivity index (χ3n) is 4.68. The van der Waals surface area contributed by atoms with E-state index < -0.39 is 16.0 Å². The van der Waals surface area contributed by atoms with Crippen molar-refractivity contribution < 1.29 is 27.8 Å². The smallest absolute Gasteiger partial charge is 0.337 e. The number of rotatable bonds is 8. The number of hydrogen-bond donors (Lipinski definition) is 1. The van der Waals surface area contributed by atoms with Crippen molar-refractivity contribution in [3.8, 4) is 5.75 Å². The minimum absolute atomic E-state index is 0.0658. The molecule has 3 rings (SSSR count). The fourth-order valence-corrected chi connectivity index (χ4v) is 4.11. The van der Waals surface area contributed by atoms with E-state index in [4.69, 9.17) is 9.47 Å². The molecule has 3 aromatic carbocycles. The Labute approximate surface area is 181 Å². The van der Waals surface area contributed by atoms with Crippen molar-refractivity contribution in [2.75, 3.05) is 18.5 Å². The Balaban J connectivity index is 1.81. The highest BCUT2D eigenvalue weighted by atomic mass is 32.2. The maximum atomic E-state index is 13.1. The molecule has 0 atom stereocenters. The molecule has 0 unspecified atom stereocenters. The number of sulfonamides is 1. The Morgan fingerprint density at radius 2 is 1.65 bits per heavy atom. The molecule has 0 bridgehead atoms. The van der Waals surface area contributed by atoms with E-state index in [0.29, 0.717) is 17.9 Å². The van der Waals surface area contributed by atoms with Gasteiger partial charge in [0.05, 0.1) is 29.9 Å². The third-order valence-corrected chi connectivity index (χ3v) is 6.48. The van der Waals surface area contributed by atoms with Crippen molar-refractivity contribution in [3.63, 3.8) is 0 Å². The highest BCUT2D eigenvalue weighted by Gasteiger charge is 2.23. The molecule has 0 radical (unpaired) electrons.